The molecule has 0 bridgehead atoms. The fourth-order valence-electron chi connectivity index (χ4n) is 1.97. The van der Waals surface area contributed by atoms with E-state index in [1.807, 2.05) is 0 Å². The molecule has 0 aliphatic carbocycles. The molecular weight excluding hydrogens is 222 g/mol. The van der Waals surface area contributed by atoms with Gasteiger partial charge in [0.2, 0.25) is 0 Å². The quantitative estimate of drug-likeness (QED) is 0.894. The van der Waals surface area contributed by atoms with Crippen LogP contribution in [-0.4, -0.2) is 9.55 Å². The molecule has 3 heteroatoms. The highest BCUT2D eigenvalue weighted by atomic mass is 15.1. The predicted molar refractivity (Wildman–Crippen MR) is 74.4 cm³/mol. The van der Waals surface area contributed by atoms with Crippen LogP contribution in [0.25, 0.3) is 0 Å². The van der Waals surface area contributed by atoms with Gasteiger partial charge in [0, 0.05) is 19.3 Å². The minimum absolute atomic E-state index is 0.805. The van der Waals surface area contributed by atoms with Gasteiger partial charge in [0.05, 0.1) is 12.2 Å². The molecule has 2 aromatic rings. The molecule has 1 N–H and O–H groups in total. The Kier molecular flexibility index (Phi) is 3.82. The van der Waals surface area contributed by atoms with Gasteiger partial charge in [-0.2, -0.15) is 0 Å². The van der Waals surface area contributed by atoms with Crippen molar-refractivity contribution in [3.8, 4) is 0 Å². The van der Waals surface area contributed by atoms with Crippen LogP contribution < -0.4 is 5.32 Å². The van der Waals surface area contributed by atoms with Crippen LogP contribution >= 0.6 is 0 Å². The number of aromatic nitrogens is 2. The fourth-order valence-corrected chi connectivity index (χ4v) is 1.97. The Bertz CT molecular complexity index is 523. The lowest BCUT2D eigenvalue weighted by atomic mass is 10.1. The molecule has 0 aliphatic heterocycles. The van der Waals surface area contributed by atoms with Crippen molar-refractivity contribution in [2.24, 2.45) is 7.05 Å². The summed E-state index contributed by atoms with van der Waals surface area (Å²) in [4.78, 5) is 4.56. The van der Waals surface area contributed by atoms with Crippen LogP contribution in [0.4, 0.5) is 0 Å². The third-order valence-corrected chi connectivity index (χ3v) is 3.44. The number of rotatable bonds is 4. The molecule has 0 aliphatic rings. The number of benzene rings is 1. The van der Waals surface area contributed by atoms with Crippen LogP contribution in [0.2, 0.25) is 0 Å². The first-order valence-corrected chi connectivity index (χ1v) is 6.33. The summed E-state index contributed by atoms with van der Waals surface area (Å²) >= 11 is 0. The van der Waals surface area contributed by atoms with Gasteiger partial charge < -0.3 is 9.88 Å². The second-order valence-electron chi connectivity index (χ2n) is 4.85. The van der Waals surface area contributed by atoms with Gasteiger partial charge >= 0.3 is 0 Å². The second kappa shape index (κ2) is 5.36. The van der Waals surface area contributed by atoms with E-state index in [1.165, 1.54) is 16.8 Å². The highest BCUT2D eigenvalue weighted by Crippen LogP contribution is 2.08. The summed E-state index contributed by atoms with van der Waals surface area (Å²) in [5.74, 6) is 1.09. The first-order valence-electron chi connectivity index (χ1n) is 6.33. The Morgan fingerprint density at radius 3 is 2.28 bits per heavy atom. The summed E-state index contributed by atoms with van der Waals surface area (Å²) in [7, 11) is 2.07. The summed E-state index contributed by atoms with van der Waals surface area (Å²) in [6.45, 7) is 7.95. The number of aryl methyl sites for hydroxylation is 2. The van der Waals surface area contributed by atoms with Gasteiger partial charge in [0.25, 0.3) is 0 Å². The maximum absolute atomic E-state index is 4.56. The lowest BCUT2D eigenvalue weighted by Crippen LogP contribution is -2.16. The Morgan fingerprint density at radius 2 is 1.72 bits per heavy atom. The molecule has 2 rings (SSSR count). The van der Waals surface area contributed by atoms with Gasteiger partial charge in [-0.1, -0.05) is 29.8 Å². The van der Waals surface area contributed by atoms with Crippen molar-refractivity contribution in [2.75, 3.05) is 0 Å². The van der Waals surface area contributed by atoms with Crippen LogP contribution in [0.1, 0.15) is 28.3 Å². The van der Waals surface area contributed by atoms with E-state index in [0.29, 0.717) is 0 Å². The van der Waals surface area contributed by atoms with E-state index in [1.54, 1.807) is 0 Å². The number of imidazole rings is 1. The third kappa shape index (κ3) is 2.79. The Labute approximate surface area is 109 Å². The molecule has 1 heterocycles. The molecule has 0 atom stereocenters. The summed E-state index contributed by atoms with van der Waals surface area (Å²) in [5, 5.41) is 3.44. The lowest BCUT2D eigenvalue weighted by molar-refractivity contribution is 0.635. The molecule has 0 radical (unpaired) electrons. The molecule has 96 valence electrons. The molecule has 0 fully saturated rings. The van der Waals surface area contributed by atoms with E-state index in [0.717, 1.165) is 24.6 Å². The molecule has 0 amide bonds. The van der Waals surface area contributed by atoms with Crippen LogP contribution in [0.5, 0.6) is 0 Å². The van der Waals surface area contributed by atoms with E-state index in [4.69, 9.17) is 0 Å². The Morgan fingerprint density at radius 1 is 1.06 bits per heavy atom. The normalized spacial score (nSPS) is 10.9. The fraction of sp³-hybridized carbons (Fsp3) is 0.400. The van der Waals surface area contributed by atoms with E-state index in [9.17, 15) is 0 Å². The van der Waals surface area contributed by atoms with Crippen molar-refractivity contribution in [3.63, 3.8) is 0 Å². The zero-order valence-electron chi connectivity index (χ0n) is 11.6. The largest absolute Gasteiger partial charge is 0.334 e. The second-order valence-corrected chi connectivity index (χ2v) is 4.85. The average molecular weight is 243 g/mol. The molecule has 0 unspecified atom stereocenters. The minimum atomic E-state index is 0.805. The number of hydrogen-bond donors (Lipinski definition) is 1. The molecule has 1 aromatic heterocycles. The SMILES string of the molecule is Cc1ccc(CNCc2nc(C)c(C)n2C)cc1. The standard InChI is InChI=1S/C15H21N3/c1-11-5-7-14(8-6-11)9-16-10-15-17-12(2)13(3)18(15)4/h5-8,16H,9-10H2,1-4H3. The highest BCUT2D eigenvalue weighted by Gasteiger charge is 2.06. The molecule has 0 saturated heterocycles. The monoisotopic (exact) mass is 243 g/mol. The Balaban J connectivity index is 1.92. The van der Waals surface area contributed by atoms with E-state index in [-0.39, 0.29) is 0 Å². The maximum Gasteiger partial charge on any atom is 0.122 e. The first-order chi connectivity index (χ1) is 8.58. The average Bonchev–Trinajstić information content (AvgIpc) is 2.60. The summed E-state index contributed by atoms with van der Waals surface area (Å²) < 4.78 is 2.15. The summed E-state index contributed by atoms with van der Waals surface area (Å²) in [5.41, 5.74) is 4.96. The van der Waals surface area contributed by atoms with Crippen LogP contribution in [0.3, 0.4) is 0 Å². The van der Waals surface area contributed by atoms with E-state index < -0.39 is 0 Å². The molecular formula is C15H21N3. The van der Waals surface area contributed by atoms with E-state index >= 15 is 0 Å². The van der Waals surface area contributed by atoms with Crippen molar-refractivity contribution < 1.29 is 0 Å². The van der Waals surface area contributed by atoms with Crippen molar-refractivity contribution in [1.29, 1.82) is 0 Å². The van der Waals surface area contributed by atoms with Gasteiger partial charge in [-0.25, -0.2) is 4.98 Å². The van der Waals surface area contributed by atoms with Gasteiger partial charge in [0.1, 0.15) is 5.82 Å². The Hall–Kier alpha value is -1.61. The predicted octanol–water partition coefficient (Wildman–Crippen LogP) is 2.64. The molecule has 0 saturated carbocycles. The summed E-state index contributed by atoms with van der Waals surface area (Å²) in [6, 6.07) is 8.62. The summed E-state index contributed by atoms with van der Waals surface area (Å²) in [6.07, 6.45) is 0. The van der Waals surface area contributed by atoms with Crippen molar-refractivity contribution in [1.82, 2.24) is 14.9 Å². The molecule has 18 heavy (non-hydrogen) atoms. The lowest BCUT2D eigenvalue weighted by Gasteiger charge is -2.06. The molecule has 3 nitrogen and oxygen atoms in total. The zero-order chi connectivity index (χ0) is 13.1. The topological polar surface area (TPSA) is 29.9 Å². The maximum atomic E-state index is 4.56. The minimum Gasteiger partial charge on any atom is -0.334 e. The number of nitrogens with zero attached hydrogens (tertiary/aromatic N) is 2. The smallest absolute Gasteiger partial charge is 0.122 e. The van der Waals surface area contributed by atoms with Gasteiger partial charge in [0.15, 0.2) is 0 Å². The number of nitrogens with one attached hydrogen (secondary N) is 1. The molecule has 0 spiro atoms. The van der Waals surface area contributed by atoms with Crippen molar-refractivity contribution in [2.45, 2.75) is 33.9 Å². The van der Waals surface area contributed by atoms with Crippen LogP contribution in [0.15, 0.2) is 24.3 Å². The van der Waals surface area contributed by atoms with Crippen molar-refractivity contribution in [3.05, 3.63) is 52.6 Å². The van der Waals surface area contributed by atoms with Gasteiger partial charge in [-0.15, -0.1) is 0 Å². The molecule has 1 aromatic carbocycles. The van der Waals surface area contributed by atoms with E-state index in [2.05, 4.69) is 67.0 Å². The third-order valence-electron chi connectivity index (χ3n) is 3.44. The van der Waals surface area contributed by atoms with Crippen molar-refractivity contribution >= 4 is 0 Å². The number of hydrogen-bond acceptors (Lipinski definition) is 2. The van der Waals surface area contributed by atoms with Crippen LogP contribution in [0, 0.1) is 20.8 Å². The highest BCUT2D eigenvalue weighted by molar-refractivity contribution is 5.21. The van der Waals surface area contributed by atoms with Gasteiger partial charge in [-0.3, -0.25) is 0 Å². The first kappa shape index (κ1) is 12.8. The van der Waals surface area contributed by atoms with Gasteiger partial charge in [-0.05, 0) is 26.3 Å². The zero-order valence-corrected chi connectivity index (χ0v) is 11.6. The van der Waals surface area contributed by atoms with Crippen LogP contribution in [-0.2, 0) is 20.1 Å².